The van der Waals surface area contributed by atoms with Crippen LogP contribution >= 0.6 is 0 Å². The molecule has 1 aromatic rings. The molecule has 0 saturated heterocycles. The molecule has 5 aliphatic rings. The van der Waals surface area contributed by atoms with Crippen molar-refractivity contribution in [2.45, 2.75) is 152 Å². The number of esters is 1. The first kappa shape index (κ1) is 43.9. The number of ether oxygens (including phenoxy) is 1. The summed E-state index contributed by atoms with van der Waals surface area (Å²) in [5.74, 6) is -0.284. The highest BCUT2D eigenvalue weighted by atomic mass is 16.5. The van der Waals surface area contributed by atoms with Gasteiger partial charge in [-0.3, -0.25) is 24.3 Å². The van der Waals surface area contributed by atoms with Crippen LogP contribution < -0.4 is 0 Å². The van der Waals surface area contributed by atoms with E-state index in [1.165, 1.54) is 5.57 Å². The Morgan fingerprint density at radius 2 is 1.63 bits per heavy atom. The molecular weight excluding hydrogens is 715 g/mol. The summed E-state index contributed by atoms with van der Waals surface area (Å²) in [5.41, 5.74) is 0.946. The highest BCUT2D eigenvalue weighted by molar-refractivity contribution is 6.01. The summed E-state index contributed by atoms with van der Waals surface area (Å²) in [6.07, 6.45) is 8.82. The van der Waals surface area contributed by atoms with E-state index in [-0.39, 0.29) is 51.3 Å². The summed E-state index contributed by atoms with van der Waals surface area (Å²) in [6.45, 7) is 25.0. The van der Waals surface area contributed by atoms with E-state index < -0.39 is 28.9 Å². The van der Waals surface area contributed by atoms with E-state index in [1.807, 2.05) is 18.3 Å². The molecular formula is C48H75N3O6. The van der Waals surface area contributed by atoms with Crippen molar-refractivity contribution in [2.75, 3.05) is 33.7 Å². The molecule has 6 rings (SSSR count). The van der Waals surface area contributed by atoms with Gasteiger partial charge in [-0.25, -0.2) is 0 Å². The second kappa shape index (κ2) is 15.1. The molecule has 4 fully saturated rings. The van der Waals surface area contributed by atoms with Gasteiger partial charge < -0.3 is 19.8 Å². The summed E-state index contributed by atoms with van der Waals surface area (Å²) in [4.78, 5) is 48.6. The normalized spacial score (nSPS) is 36.8. The minimum atomic E-state index is -1.17. The van der Waals surface area contributed by atoms with Crippen LogP contribution in [0.15, 0.2) is 35.5 Å². The van der Waals surface area contributed by atoms with Crippen molar-refractivity contribution in [2.24, 2.45) is 55.7 Å². The number of carboxylic acid groups (broad SMARTS) is 1. The zero-order chi connectivity index (χ0) is 42.1. The topological polar surface area (TPSA) is 120 Å². The molecule has 9 heteroatoms. The number of fused-ring (bicyclic) bond motifs is 7. The Morgan fingerprint density at radius 3 is 2.25 bits per heavy atom. The molecule has 9 nitrogen and oxygen atoms in total. The largest absolute Gasteiger partial charge is 0.481 e. The summed E-state index contributed by atoms with van der Waals surface area (Å²) in [6, 6.07) is 6.02. The summed E-state index contributed by atoms with van der Waals surface area (Å²) < 4.78 is 6.21. The number of Topliss-reactive ketones (excluding diaryl/α,β-unsaturated/α-hetero) is 1. The summed E-state index contributed by atoms with van der Waals surface area (Å²) >= 11 is 0. The lowest BCUT2D eigenvalue weighted by molar-refractivity contribution is -0.252. The number of aliphatic carboxylic acids is 1. The molecule has 0 amide bonds. The Kier molecular flexibility index (Phi) is 11.7. The third kappa shape index (κ3) is 7.05. The first-order valence-corrected chi connectivity index (χ1v) is 22.1. The van der Waals surface area contributed by atoms with E-state index >= 15 is 0 Å². The molecule has 0 bridgehead atoms. The van der Waals surface area contributed by atoms with Gasteiger partial charge in [0.05, 0.1) is 23.6 Å². The number of rotatable bonds is 13. The van der Waals surface area contributed by atoms with Crippen molar-refractivity contribution < 1.29 is 29.3 Å². The van der Waals surface area contributed by atoms with Gasteiger partial charge in [0.15, 0.2) is 5.78 Å². The molecule has 57 heavy (non-hydrogen) atoms. The predicted molar refractivity (Wildman–Crippen MR) is 224 cm³/mol. The van der Waals surface area contributed by atoms with Crippen LogP contribution in [0, 0.1) is 55.7 Å². The number of aliphatic hydroxyl groups is 1. The molecule has 2 N–H and O–H groups in total. The van der Waals surface area contributed by atoms with Crippen molar-refractivity contribution in [1.82, 2.24) is 14.8 Å². The van der Waals surface area contributed by atoms with Gasteiger partial charge in [0.1, 0.15) is 6.10 Å². The van der Waals surface area contributed by atoms with Crippen LogP contribution in [-0.4, -0.2) is 88.7 Å². The van der Waals surface area contributed by atoms with E-state index in [9.17, 15) is 24.6 Å². The van der Waals surface area contributed by atoms with Crippen LogP contribution in [0.2, 0.25) is 0 Å². The number of aliphatic hydroxyl groups excluding tert-OH is 1. The smallest absolute Gasteiger partial charge is 0.309 e. The second-order valence-corrected chi connectivity index (χ2v) is 22.0. The van der Waals surface area contributed by atoms with E-state index in [2.05, 4.69) is 90.3 Å². The van der Waals surface area contributed by atoms with Crippen LogP contribution in [0.1, 0.15) is 139 Å². The molecule has 0 radical (unpaired) electrons. The van der Waals surface area contributed by atoms with Gasteiger partial charge in [-0.2, -0.15) is 0 Å². The number of ketones is 1. The number of carbonyl (C=O) groups is 3. The molecule has 318 valence electrons. The first-order valence-electron chi connectivity index (χ1n) is 22.1. The third-order valence-corrected chi connectivity index (χ3v) is 17.6. The van der Waals surface area contributed by atoms with Crippen LogP contribution in [0.25, 0.3) is 0 Å². The Hall–Kier alpha value is -2.62. The Morgan fingerprint density at radius 1 is 0.947 bits per heavy atom. The van der Waals surface area contributed by atoms with Gasteiger partial charge in [-0.15, -0.1) is 0 Å². The van der Waals surface area contributed by atoms with E-state index in [0.717, 1.165) is 75.7 Å². The SMILES string of the molecule is CC(C)C1=C2[C@@]([C@@H](O)CN(CCN(C)C)Cc3ccccn3)(CC[C@]3(C)[C@]2(C)CC[C@@H]2[C@@]4(C)CC[C@H](OC(=O)CC(C)(C)C(=O)O)C(C)(C)[C@@H]4CC[C@]23C)CC1=O. The van der Waals surface area contributed by atoms with Crippen molar-refractivity contribution in [3.8, 4) is 0 Å². The maximum atomic E-state index is 14.4. The molecule has 4 saturated carbocycles. The predicted octanol–water partition coefficient (Wildman–Crippen LogP) is 8.59. The summed E-state index contributed by atoms with van der Waals surface area (Å²) in [5, 5.41) is 22.4. The van der Waals surface area contributed by atoms with Gasteiger partial charge in [0.25, 0.3) is 0 Å². The van der Waals surface area contributed by atoms with Gasteiger partial charge in [-0.05, 0) is 142 Å². The van der Waals surface area contributed by atoms with Crippen molar-refractivity contribution in [3.63, 3.8) is 0 Å². The maximum Gasteiger partial charge on any atom is 0.309 e. The third-order valence-electron chi connectivity index (χ3n) is 17.6. The molecule has 0 spiro atoms. The Balaban J connectivity index is 1.32. The van der Waals surface area contributed by atoms with Crippen LogP contribution in [0.3, 0.4) is 0 Å². The number of hydrogen-bond donors (Lipinski definition) is 2. The van der Waals surface area contributed by atoms with E-state index in [4.69, 9.17) is 4.74 Å². The lowest BCUT2D eigenvalue weighted by Crippen LogP contribution is -2.69. The number of likely N-dealkylation sites (N-methyl/N-ethyl adjacent to an activating group) is 1. The standard InChI is InChI=1S/C48H75N3O6/c1-31(2)39-33(52)27-48(36(53)30-51(26-25-50(11)12)29-32-15-13-14-24-49-32)23-22-47(10)45(8)20-16-34-43(5,6)37(57-38(54)28-42(3,4)41(55)56)18-19-44(34,7)35(45)17-21-46(47,9)40(39)48/h13-15,24,31,34-37,53H,16-23,25-30H2,1-12H3,(H,55,56)/t34-,35+,36-,37-,44-,45+,46+,47-,48-/m0/s1. The number of carbonyl (C=O) groups excluding carboxylic acids is 2. The fourth-order valence-corrected chi connectivity index (χ4v) is 14.2. The number of aromatic nitrogens is 1. The zero-order valence-electron chi connectivity index (χ0n) is 37.5. The minimum Gasteiger partial charge on any atom is -0.481 e. The van der Waals surface area contributed by atoms with Crippen LogP contribution in [-0.2, 0) is 25.7 Å². The molecule has 0 unspecified atom stereocenters. The first-order chi connectivity index (χ1) is 26.4. The fraction of sp³-hybridized carbons (Fsp3) is 0.792. The summed E-state index contributed by atoms with van der Waals surface area (Å²) in [7, 11) is 4.17. The zero-order valence-corrected chi connectivity index (χ0v) is 37.5. The van der Waals surface area contributed by atoms with E-state index in [1.54, 1.807) is 13.8 Å². The quantitative estimate of drug-likeness (QED) is 0.190. The molecule has 9 atom stereocenters. The van der Waals surface area contributed by atoms with E-state index in [0.29, 0.717) is 31.3 Å². The number of allylic oxidation sites excluding steroid dienone is 1. The number of pyridine rings is 1. The lowest BCUT2D eigenvalue weighted by atomic mass is 9.29. The number of nitrogens with zero attached hydrogens (tertiary/aromatic N) is 3. The monoisotopic (exact) mass is 790 g/mol. The van der Waals surface area contributed by atoms with Gasteiger partial charge in [0, 0.05) is 49.6 Å². The molecule has 1 heterocycles. The van der Waals surface area contributed by atoms with Crippen molar-refractivity contribution >= 4 is 17.7 Å². The number of hydrogen-bond acceptors (Lipinski definition) is 8. The average molecular weight is 790 g/mol. The maximum absolute atomic E-state index is 14.4. The van der Waals surface area contributed by atoms with Gasteiger partial charge in [0.2, 0.25) is 0 Å². The molecule has 1 aromatic heterocycles. The van der Waals surface area contributed by atoms with Gasteiger partial charge in [-0.1, -0.05) is 61.5 Å². The highest BCUT2D eigenvalue weighted by Crippen LogP contribution is 2.80. The average Bonchev–Trinajstić information content (AvgIpc) is 3.44. The minimum absolute atomic E-state index is 0.00488. The van der Waals surface area contributed by atoms with Gasteiger partial charge >= 0.3 is 11.9 Å². The lowest BCUT2D eigenvalue weighted by Gasteiger charge is -2.75. The second-order valence-electron chi connectivity index (χ2n) is 22.0. The molecule has 5 aliphatic carbocycles. The Labute approximate surface area is 343 Å². The molecule has 0 aliphatic heterocycles. The van der Waals surface area contributed by atoms with Crippen LogP contribution in [0.4, 0.5) is 0 Å². The van der Waals surface area contributed by atoms with Crippen molar-refractivity contribution in [1.29, 1.82) is 0 Å². The van der Waals surface area contributed by atoms with Crippen LogP contribution in [0.5, 0.6) is 0 Å². The highest BCUT2D eigenvalue weighted by Gasteiger charge is 2.74. The van der Waals surface area contributed by atoms with Crippen molar-refractivity contribution in [3.05, 3.63) is 41.2 Å². The Bertz CT molecular complexity index is 1740. The molecule has 0 aromatic carbocycles. The fourth-order valence-electron chi connectivity index (χ4n) is 14.2. The number of carboxylic acids is 1.